The third-order valence-corrected chi connectivity index (χ3v) is 4.02. The number of rotatable bonds is 3. The van der Waals surface area contributed by atoms with Crippen LogP contribution in [0.25, 0.3) is 0 Å². The van der Waals surface area contributed by atoms with E-state index in [0.717, 1.165) is 30.2 Å². The zero-order chi connectivity index (χ0) is 16.4. The van der Waals surface area contributed by atoms with Crippen molar-refractivity contribution in [1.82, 2.24) is 4.98 Å². The highest BCUT2D eigenvalue weighted by Gasteiger charge is 2.28. The van der Waals surface area contributed by atoms with E-state index in [1.165, 1.54) is 12.1 Å². The summed E-state index contributed by atoms with van der Waals surface area (Å²) in [5.41, 5.74) is 7.07. The van der Waals surface area contributed by atoms with Crippen LogP contribution in [-0.4, -0.2) is 16.8 Å². The standard InChI is InChI=1S/C17H16FN3O2/c18-13-7-6-11(16(19)22)9-14(13)21-17(23)12-5-1-3-10-4-2-8-20-15(10)12/h2,4,6-9,12H,1,3,5H2,(H2,19,22)(H,21,23)/t12-/m0/s1. The molecule has 6 heteroatoms. The lowest BCUT2D eigenvalue weighted by Gasteiger charge is -2.23. The summed E-state index contributed by atoms with van der Waals surface area (Å²) in [4.78, 5) is 28.0. The highest BCUT2D eigenvalue weighted by atomic mass is 19.1. The van der Waals surface area contributed by atoms with Crippen LogP contribution in [0.5, 0.6) is 0 Å². The van der Waals surface area contributed by atoms with Gasteiger partial charge in [-0.05, 0) is 49.1 Å². The number of nitrogens with zero attached hydrogens (tertiary/aromatic N) is 1. The smallest absolute Gasteiger partial charge is 0.248 e. The Labute approximate surface area is 132 Å². The van der Waals surface area contributed by atoms with Gasteiger partial charge in [-0.25, -0.2) is 4.39 Å². The van der Waals surface area contributed by atoms with Crippen LogP contribution in [0.15, 0.2) is 36.5 Å². The van der Waals surface area contributed by atoms with E-state index >= 15 is 0 Å². The summed E-state index contributed by atoms with van der Waals surface area (Å²) in [7, 11) is 0. The maximum atomic E-state index is 13.9. The summed E-state index contributed by atoms with van der Waals surface area (Å²) in [6.45, 7) is 0. The zero-order valence-corrected chi connectivity index (χ0v) is 12.4. The second-order valence-electron chi connectivity index (χ2n) is 5.54. The number of aromatic nitrogens is 1. The molecule has 1 aromatic heterocycles. The molecule has 0 spiro atoms. The van der Waals surface area contributed by atoms with Gasteiger partial charge in [0.15, 0.2) is 0 Å². The van der Waals surface area contributed by atoms with Crippen molar-refractivity contribution in [3.8, 4) is 0 Å². The van der Waals surface area contributed by atoms with E-state index in [0.29, 0.717) is 6.42 Å². The van der Waals surface area contributed by atoms with Gasteiger partial charge in [0.05, 0.1) is 17.3 Å². The van der Waals surface area contributed by atoms with E-state index < -0.39 is 17.6 Å². The molecule has 0 fully saturated rings. The first-order valence-electron chi connectivity index (χ1n) is 7.40. The van der Waals surface area contributed by atoms with Crippen molar-refractivity contribution in [3.63, 3.8) is 0 Å². The summed E-state index contributed by atoms with van der Waals surface area (Å²) >= 11 is 0. The molecule has 0 saturated carbocycles. The van der Waals surface area contributed by atoms with Gasteiger partial charge in [-0.3, -0.25) is 14.6 Å². The predicted molar refractivity (Wildman–Crippen MR) is 83.5 cm³/mol. The average Bonchev–Trinajstić information content (AvgIpc) is 2.56. The van der Waals surface area contributed by atoms with Gasteiger partial charge in [0.25, 0.3) is 0 Å². The van der Waals surface area contributed by atoms with Gasteiger partial charge in [0.2, 0.25) is 11.8 Å². The molecule has 1 aliphatic carbocycles. The van der Waals surface area contributed by atoms with Crippen LogP contribution >= 0.6 is 0 Å². The Hall–Kier alpha value is -2.76. The number of amides is 2. The summed E-state index contributed by atoms with van der Waals surface area (Å²) in [6, 6.07) is 7.44. The molecule has 0 aliphatic heterocycles. The van der Waals surface area contributed by atoms with E-state index in [2.05, 4.69) is 10.3 Å². The Morgan fingerprint density at radius 2 is 2.13 bits per heavy atom. The number of carbonyl (C=O) groups is 2. The molecule has 0 bridgehead atoms. The van der Waals surface area contributed by atoms with Gasteiger partial charge in [0, 0.05) is 11.8 Å². The molecular formula is C17H16FN3O2. The quantitative estimate of drug-likeness (QED) is 0.912. The van der Waals surface area contributed by atoms with Gasteiger partial charge >= 0.3 is 0 Å². The van der Waals surface area contributed by atoms with Crippen molar-refractivity contribution in [2.75, 3.05) is 5.32 Å². The second kappa shape index (κ2) is 6.16. The van der Waals surface area contributed by atoms with Crippen LogP contribution in [-0.2, 0) is 11.2 Å². The van der Waals surface area contributed by atoms with Crippen molar-refractivity contribution in [1.29, 1.82) is 0 Å². The SMILES string of the molecule is NC(=O)c1ccc(F)c(NC(=O)[C@H]2CCCc3cccnc32)c1. The number of anilines is 1. The first-order valence-corrected chi connectivity index (χ1v) is 7.40. The highest BCUT2D eigenvalue weighted by molar-refractivity contribution is 5.98. The minimum absolute atomic E-state index is 0.0469. The summed E-state index contributed by atoms with van der Waals surface area (Å²) in [5.74, 6) is -2.03. The monoisotopic (exact) mass is 313 g/mol. The highest BCUT2D eigenvalue weighted by Crippen LogP contribution is 2.31. The zero-order valence-electron chi connectivity index (χ0n) is 12.4. The first kappa shape index (κ1) is 15.1. The Bertz CT molecular complexity index is 776. The van der Waals surface area contributed by atoms with E-state index in [-0.39, 0.29) is 17.2 Å². The number of primary amides is 1. The number of aryl methyl sites for hydroxylation is 1. The van der Waals surface area contributed by atoms with Crippen LogP contribution < -0.4 is 11.1 Å². The molecule has 2 amide bonds. The normalized spacial score (nSPS) is 16.5. The lowest BCUT2D eigenvalue weighted by Crippen LogP contribution is -2.26. The molecule has 0 radical (unpaired) electrons. The number of nitrogens with two attached hydrogens (primary N) is 1. The third kappa shape index (κ3) is 3.06. The molecule has 23 heavy (non-hydrogen) atoms. The van der Waals surface area contributed by atoms with Gasteiger partial charge in [-0.15, -0.1) is 0 Å². The van der Waals surface area contributed by atoms with Crippen molar-refractivity contribution in [2.45, 2.75) is 25.2 Å². The number of nitrogens with one attached hydrogen (secondary N) is 1. The van der Waals surface area contributed by atoms with Crippen molar-refractivity contribution < 1.29 is 14.0 Å². The first-order chi connectivity index (χ1) is 11.1. The number of halogens is 1. The largest absolute Gasteiger partial charge is 0.366 e. The fourth-order valence-corrected chi connectivity index (χ4v) is 2.86. The molecule has 5 nitrogen and oxygen atoms in total. The third-order valence-electron chi connectivity index (χ3n) is 4.02. The Morgan fingerprint density at radius 3 is 2.91 bits per heavy atom. The Morgan fingerprint density at radius 1 is 1.30 bits per heavy atom. The molecule has 1 atom stereocenters. The predicted octanol–water partition coefficient (Wildman–Crippen LogP) is 2.38. The summed E-state index contributed by atoms with van der Waals surface area (Å²) in [5, 5.41) is 2.55. The number of fused-ring (bicyclic) bond motifs is 1. The molecule has 1 aliphatic rings. The van der Waals surface area contributed by atoms with Crippen molar-refractivity contribution in [2.24, 2.45) is 5.73 Å². The molecular weight excluding hydrogens is 297 g/mol. The second-order valence-corrected chi connectivity index (χ2v) is 5.54. The lowest BCUT2D eigenvalue weighted by molar-refractivity contribution is -0.118. The fourth-order valence-electron chi connectivity index (χ4n) is 2.86. The lowest BCUT2D eigenvalue weighted by atomic mass is 9.86. The van der Waals surface area contributed by atoms with Crippen LogP contribution in [0, 0.1) is 5.82 Å². The van der Waals surface area contributed by atoms with Gasteiger partial charge < -0.3 is 11.1 Å². The van der Waals surface area contributed by atoms with E-state index in [1.54, 1.807) is 6.20 Å². The van der Waals surface area contributed by atoms with Crippen molar-refractivity contribution >= 4 is 17.5 Å². The minimum atomic E-state index is -0.676. The number of benzene rings is 1. The van der Waals surface area contributed by atoms with Crippen LogP contribution in [0.3, 0.4) is 0 Å². The Balaban J connectivity index is 1.86. The van der Waals surface area contributed by atoms with E-state index in [4.69, 9.17) is 5.73 Å². The number of hydrogen-bond acceptors (Lipinski definition) is 3. The molecule has 118 valence electrons. The molecule has 3 N–H and O–H groups in total. The summed E-state index contributed by atoms with van der Waals surface area (Å²) in [6.07, 6.45) is 4.07. The average molecular weight is 313 g/mol. The van der Waals surface area contributed by atoms with Crippen LogP contribution in [0.2, 0.25) is 0 Å². The van der Waals surface area contributed by atoms with Gasteiger partial charge in [0.1, 0.15) is 5.82 Å². The van der Waals surface area contributed by atoms with Crippen LogP contribution in [0.4, 0.5) is 10.1 Å². The van der Waals surface area contributed by atoms with Crippen molar-refractivity contribution in [3.05, 3.63) is 59.2 Å². The van der Waals surface area contributed by atoms with Crippen LogP contribution in [0.1, 0.15) is 40.4 Å². The van der Waals surface area contributed by atoms with Gasteiger partial charge in [-0.1, -0.05) is 6.07 Å². The fraction of sp³-hybridized carbons (Fsp3) is 0.235. The molecule has 0 saturated heterocycles. The number of carbonyl (C=O) groups excluding carboxylic acids is 2. The maximum absolute atomic E-state index is 13.9. The topological polar surface area (TPSA) is 85.1 Å². The number of hydrogen-bond donors (Lipinski definition) is 2. The molecule has 1 aromatic carbocycles. The summed E-state index contributed by atoms with van der Waals surface area (Å²) < 4.78 is 13.9. The molecule has 3 rings (SSSR count). The molecule has 0 unspecified atom stereocenters. The Kier molecular flexibility index (Phi) is 4.06. The molecule has 1 heterocycles. The number of pyridine rings is 1. The van der Waals surface area contributed by atoms with E-state index in [9.17, 15) is 14.0 Å². The van der Waals surface area contributed by atoms with E-state index in [1.807, 2.05) is 12.1 Å². The molecule has 2 aromatic rings. The van der Waals surface area contributed by atoms with Gasteiger partial charge in [-0.2, -0.15) is 0 Å². The minimum Gasteiger partial charge on any atom is -0.366 e. The maximum Gasteiger partial charge on any atom is 0.248 e.